The second kappa shape index (κ2) is 8.67. The van der Waals surface area contributed by atoms with Gasteiger partial charge in [-0.2, -0.15) is 5.10 Å². The molecule has 2 aromatic heterocycles. The number of hydrogen-bond donors (Lipinski definition) is 0. The molecule has 0 aliphatic carbocycles. The molecule has 0 unspecified atom stereocenters. The van der Waals surface area contributed by atoms with Crippen molar-refractivity contribution in [2.24, 2.45) is 0 Å². The van der Waals surface area contributed by atoms with Gasteiger partial charge in [-0.1, -0.05) is 24.8 Å². The molecule has 3 heterocycles. The van der Waals surface area contributed by atoms with Gasteiger partial charge < -0.3 is 9.64 Å². The van der Waals surface area contributed by atoms with Gasteiger partial charge in [0.15, 0.2) is 0 Å². The lowest BCUT2D eigenvalue weighted by Crippen LogP contribution is -2.37. The molecule has 1 aliphatic rings. The van der Waals surface area contributed by atoms with E-state index in [9.17, 15) is 4.79 Å². The number of nitrogens with zero attached hydrogens (tertiary/aromatic N) is 4. The molecule has 0 N–H and O–H groups in total. The molecule has 0 spiro atoms. The summed E-state index contributed by atoms with van der Waals surface area (Å²) in [6.45, 7) is 5.06. The van der Waals surface area contributed by atoms with Crippen LogP contribution in [0.3, 0.4) is 0 Å². The Morgan fingerprint density at radius 3 is 2.66 bits per heavy atom. The van der Waals surface area contributed by atoms with Crippen LogP contribution in [0.2, 0.25) is 0 Å². The Morgan fingerprint density at radius 1 is 1.09 bits per heavy atom. The molecular weight excluding hydrogens is 400 g/mol. The lowest BCUT2D eigenvalue weighted by atomic mass is 10.1. The first-order chi connectivity index (χ1) is 15.7. The summed E-state index contributed by atoms with van der Waals surface area (Å²) in [6, 6.07) is 19.7. The number of rotatable bonds is 6. The fourth-order valence-electron chi connectivity index (χ4n) is 4.31. The topological polar surface area (TPSA) is 60.2 Å². The number of hydrogen-bond acceptors (Lipinski definition) is 4. The van der Waals surface area contributed by atoms with Gasteiger partial charge in [0.05, 0.1) is 18.1 Å². The first-order valence-electron chi connectivity index (χ1n) is 10.8. The fourth-order valence-corrected chi connectivity index (χ4v) is 4.31. The Bertz CT molecular complexity index is 1250. The number of fused-ring (bicyclic) bond motifs is 1. The van der Waals surface area contributed by atoms with E-state index in [-0.39, 0.29) is 11.9 Å². The van der Waals surface area contributed by atoms with Gasteiger partial charge in [-0.15, -0.1) is 0 Å². The predicted molar refractivity (Wildman–Crippen MR) is 124 cm³/mol. The molecular formula is C26H24N4O2. The number of amides is 1. The number of carbonyl (C=O) groups excluding carboxylic acids is 1. The molecule has 4 aromatic rings. The monoisotopic (exact) mass is 424 g/mol. The minimum Gasteiger partial charge on any atom is -0.457 e. The van der Waals surface area contributed by atoms with Crippen LogP contribution in [0, 0.1) is 0 Å². The summed E-state index contributed by atoms with van der Waals surface area (Å²) in [5, 5.41) is 5.92. The van der Waals surface area contributed by atoms with Gasteiger partial charge in [-0.3, -0.25) is 14.5 Å². The van der Waals surface area contributed by atoms with Crippen molar-refractivity contribution in [1.29, 1.82) is 0 Å². The van der Waals surface area contributed by atoms with Gasteiger partial charge in [0.1, 0.15) is 17.2 Å². The first-order valence-corrected chi connectivity index (χ1v) is 10.8. The standard InChI is InChI=1S/C26H24N4O2/c1-2-25(31)29-16-6-7-20(29)18-30-24-14-15-27-17-23(24)26(28-30)19-10-12-22(13-11-19)32-21-8-4-3-5-9-21/h2-5,8-15,17,20H,1,6-7,16,18H2/t20-/m1/s1. The number of pyridine rings is 1. The van der Waals surface area contributed by atoms with Crippen LogP contribution < -0.4 is 4.74 Å². The van der Waals surface area contributed by atoms with Crippen LogP contribution in [0.1, 0.15) is 12.8 Å². The smallest absolute Gasteiger partial charge is 0.246 e. The number of benzene rings is 2. The molecule has 5 rings (SSSR count). The van der Waals surface area contributed by atoms with E-state index >= 15 is 0 Å². The number of para-hydroxylation sites is 1. The number of likely N-dealkylation sites (tertiary alicyclic amines) is 1. The van der Waals surface area contributed by atoms with E-state index in [0.717, 1.165) is 53.0 Å². The fraction of sp³-hybridized carbons (Fsp3) is 0.192. The molecule has 0 radical (unpaired) electrons. The van der Waals surface area contributed by atoms with Gasteiger partial charge in [0.25, 0.3) is 0 Å². The van der Waals surface area contributed by atoms with E-state index in [2.05, 4.69) is 11.6 Å². The van der Waals surface area contributed by atoms with E-state index < -0.39 is 0 Å². The van der Waals surface area contributed by atoms with E-state index in [1.165, 1.54) is 6.08 Å². The van der Waals surface area contributed by atoms with Crippen molar-refractivity contribution in [3.8, 4) is 22.8 Å². The molecule has 1 fully saturated rings. The third kappa shape index (κ3) is 3.87. The van der Waals surface area contributed by atoms with Gasteiger partial charge in [0.2, 0.25) is 5.91 Å². The van der Waals surface area contributed by atoms with E-state index in [1.54, 1.807) is 6.20 Å². The van der Waals surface area contributed by atoms with Gasteiger partial charge in [0, 0.05) is 29.9 Å². The molecule has 160 valence electrons. The Hall–Kier alpha value is -3.93. The van der Waals surface area contributed by atoms with Crippen LogP contribution in [-0.2, 0) is 11.3 Å². The van der Waals surface area contributed by atoms with Crippen LogP contribution in [0.5, 0.6) is 11.5 Å². The molecule has 0 bridgehead atoms. The quantitative estimate of drug-likeness (QED) is 0.406. The van der Waals surface area contributed by atoms with Gasteiger partial charge >= 0.3 is 0 Å². The number of carbonyl (C=O) groups is 1. The summed E-state index contributed by atoms with van der Waals surface area (Å²) in [5.41, 5.74) is 2.88. The zero-order valence-corrected chi connectivity index (χ0v) is 17.7. The maximum Gasteiger partial charge on any atom is 0.246 e. The second-order valence-electron chi connectivity index (χ2n) is 7.89. The summed E-state index contributed by atoms with van der Waals surface area (Å²) in [7, 11) is 0. The summed E-state index contributed by atoms with van der Waals surface area (Å²) < 4.78 is 7.91. The SMILES string of the molecule is C=CC(=O)N1CCC[C@@H]1Cn1nc(-c2ccc(Oc3ccccc3)cc2)c2cnccc21. The zero-order valence-electron chi connectivity index (χ0n) is 17.7. The van der Waals surface area contributed by atoms with Gasteiger partial charge in [-0.25, -0.2) is 0 Å². The molecule has 1 saturated heterocycles. The van der Waals surface area contributed by atoms with Crippen LogP contribution in [0.4, 0.5) is 0 Å². The van der Waals surface area contributed by atoms with Crippen LogP contribution >= 0.6 is 0 Å². The maximum absolute atomic E-state index is 12.2. The molecule has 32 heavy (non-hydrogen) atoms. The third-order valence-electron chi connectivity index (χ3n) is 5.88. The number of ether oxygens (including phenoxy) is 1. The molecule has 6 nitrogen and oxygen atoms in total. The van der Waals surface area contributed by atoms with Crippen molar-refractivity contribution in [3.63, 3.8) is 0 Å². The largest absolute Gasteiger partial charge is 0.457 e. The molecule has 6 heteroatoms. The number of aromatic nitrogens is 3. The summed E-state index contributed by atoms with van der Waals surface area (Å²) in [6.07, 6.45) is 6.99. The lowest BCUT2D eigenvalue weighted by Gasteiger charge is -2.23. The van der Waals surface area contributed by atoms with Crippen molar-refractivity contribution in [2.75, 3.05) is 6.54 Å². The van der Waals surface area contributed by atoms with Crippen molar-refractivity contribution in [3.05, 3.63) is 85.7 Å². The lowest BCUT2D eigenvalue weighted by molar-refractivity contribution is -0.127. The van der Waals surface area contributed by atoms with E-state index in [0.29, 0.717) is 6.54 Å². The van der Waals surface area contributed by atoms with Crippen molar-refractivity contribution in [2.45, 2.75) is 25.4 Å². The molecule has 1 atom stereocenters. The first kappa shape index (κ1) is 20.0. The van der Waals surface area contributed by atoms with Crippen molar-refractivity contribution in [1.82, 2.24) is 19.7 Å². The highest BCUT2D eigenvalue weighted by molar-refractivity contribution is 5.92. The van der Waals surface area contributed by atoms with Crippen LogP contribution in [0.15, 0.2) is 85.7 Å². The third-order valence-corrected chi connectivity index (χ3v) is 5.88. The van der Waals surface area contributed by atoms with Crippen LogP contribution in [0.25, 0.3) is 22.2 Å². The minimum atomic E-state index is -0.0140. The highest BCUT2D eigenvalue weighted by atomic mass is 16.5. The zero-order chi connectivity index (χ0) is 21.9. The Balaban J connectivity index is 1.44. The molecule has 2 aromatic carbocycles. The summed E-state index contributed by atoms with van der Waals surface area (Å²) >= 11 is 0. The highest BCUT2D eigenvalue weighted by Gasteiger charge is 2.28. The van der Waals surface area contributed by atoms with Gasteiger partial charge in [-0.05, 0) is 61.4 Å². The average molecular weight is 425 g/mol. The maximum atomic E-state index is 12.2. The van der Waals surface area contributed by atoms with E-state index in [4.69, 9.17) is 9.84 Å². The highest BCUT2D eigenvalue weighted by Crippen LogP contribution is 2.31. The van der Waals surface area contributed by atoms with Crippen molar-refractivity contribution < 1.29 is 9.53 Å². The second-order valence-corrected chi connectivity index (χ2v) is 7.89. The molecule has 1 amide bonds. The Labute approximate surface area is 186 Å². The molecule has 1 aliphatic heterocycles. The predicted octanol–water partition coefficient (Wildman–Crippen LogP) is 5.07. The normalized spacial score (nSPS) is 15.8. The van der Waals surface area contributed by atoms with Crippen LogP contribution in [-0.4, -0.2) is 38.2 Å². The Kier molecular flexibility index (Phi) is 5.42. The summed E-state index contributed by atoms with van der Waals surface area (Å²) in [4.78, 5) is 18.4. The average Bonchev–Trinajstić information content (AvgIpc) is 3.45. The minimum absolute atomic E-state index is 0.0140. The van der Waals surface area contributed by atoms with E-state index in [1.807, 2.05) is 76.4 Å². The summed E-state index contributed by atoms with van der Waals surface area (Å²) in [5.74, 6) is 1.56. The molecule has 0 saturated carbocycles. The Morgan fingerprint density at radius 2 is 1.88 bits per heavy atom. The van der Waals surface area contributed by atoms with Crippen molar-refractivity contribution >= 4 is 16.8 Å².